The quantitative estimate of drug-likeness (QED) is 0.0743. The highest BCUT2D eigenvalue weighted by Crippen LogP contribution is 2.38. The summed E-state index contributed by atoms with van der Waals surface area (Å²) in [6.07, 6.45) is 28.1. The molecule has 6 atom stereocenters. The number of rotatable bonds is 20. The van der Waals surface area contributed by atoms with Crippen LogP contribution in [0.3, 0.4) is 0 Å². The Hall–Kier alpha value is -11.6. The van der Waals surface area contributed by atoms with Crippen LogP contribution in [0.15, 0.2) is 165 Å². The molecule has 9 saturated heterocycles. The minimum absolute atomic E-state index is 0.0266. The number of aromatic nitrogens is 9. The molecule has 25 nitrogen and oxygen atoms in total. The number of nitrogens with zero attached hydrogens (tertiary/aromatic N) is 18. The summed E-state index contributed by atoms with van der Waals surface area (Å²) in [5.41, 5.74) is 20.5. The zero-order chi connectivity index (χ0) is 108. The van der Waals surface area contributed by atoms with Gasteiger partial charge in [-0.3, -0.25) is 73.6 Å². The summed E-state index contributed by atoms with van der Waals surface area (Å²) in [4.78, 5) is 127. The molecule has 0 saturated carbocycles. The minimum Gasteiger partial charge on any atom is -0.370 e. The zero-order valence-electron chi connectivity index (χ0n) is 94.3. The number of hydrogen-bond donors (Lipinski definition) is 1. The van der Waals surface area contributed by atoms with Gasteiger partial charge in [-0.1, -0.05) is 174 Å². The van der Waals surface area contributed by atoms with E-state index in [1.165, 1.54) is 84.6 Å². The third-order valence-corrected chi connectivity index (χ3v) is 30.7. The second-order valence-corrected chi connectivity index (χ2v) is 45.1. The molecule has 18 heterocycles. The average Bonchev–Trinajstić information content (AvgIpc) is 1.67. The second kappa shape index (κ2) is 55.8. The number of halogens is 2. The maximum absolute atomic E-state index is 13.0. The van der Waals surface area contributed by atoms with E-state index >= 15 is 0 Å². The van der Waals surface area contributed by atoms with Crippen molar-refractivity contribution in [2.75, 3.05) is 143 Å². The van der Waals surface area contributed by atoms with E-state index in [0.29, 0.717) is 109 Å². The molecular weight excluding hydrogens is 1850 g/mol. The number of amides is 6. The molecule has 148 heavy (non-hydrogen) atoms. The van der Waals surface area contributed by atoms with E-state index in [4.69, 9.17) is 0 Å². The normalized spacial score (nSPS) is 20.2. The molecule has 9 aliphatic heterocycles. The molecule has 0 aromatic carbocycles. The Labute approximate surface area is 884 Å². The van der Waals surface area contributed by atoms with E-state index in [1.54, 1.807) is 35.6 Å². The third kappa shape index (κ3) is 34.2. The van der Waals surface area contributed by atoms with Gasteiger partial charge in [0.15, 0.2) is 0 Å². The van der Waals surface area contributed by atoms with Crippen molar-refractivity contribution in [2.45, 2.75) is 322 Å². The fraction of sp³-hybridized carbons (Fsp3) is 0.579. The van der Waals surface area contributed by atoms with Gasteiger partial charge in [0.05, 0.1) is 53.4 Å². The predicted molar refractivity (Wildman–Crippen MR) is 595 cm³/mol. The fourth-order valence-corrected chi connectivity index (χ4v) is 19.5. The SMILES string of the molecule is CC(C)c1ccc(C2CC(=O)N(C)C2)cn1.CC(C)c1ccc(C2CC(=O)N(C)C2)cn1.CC(C)c1ccc(C2CC(=O)N(C)C2)cn1.CC(C)c1ccc(C2CCN(C)C2=O)cn1.CC(C)c1ccc(C2CCN(C)C2=O)cn1.CC(C)c1ccc(C2CCN(C)C2=O)cn1.CC(C)c1ccc(N2CCC(F)(F)CC2)cn1.CCC1CCN(c2ccc(C(C)C)nc2)CC1.CNC1(C)CCN(c2ccc(C(C)C)nc2)CC1. The van der Waals surface area contributed by atoms with Crippen molar-refractivity contribution in [3.05, 3.63) is 250 Å². The summed E-state index contributed by atoms with van der Waals surface area (Å²) >= 11 is 0. The molecule has 0 aliphatic carbocycles. The third-order valence-electron chi connectivity index (χ3n) is 30.7. The van der Waals surface area contributed by atoms with Crippen LogP contribution in [-0.4, -0.2) is 249 Å². The summed E-state index contributed by atoms with van der Waals surface area (Å²) in [5, 5.41) is 3.43. The number of carbonyl (C=O) groups is 6. The van der Waals surface area contributed by atoms with Crippen LogP contribution < -0.4 is 20.0 Å². The van der Waals surface area contributed by atoms with E-state index < -0.39 is 5.92 Å². The first-order chi connectivity index (χ1) is 70.2. The topological polar surface area (TPSA) is 260 Å². The number of piperidine rings is 3. The van der Waals surface area contributed by atoms with Crippen LogP contribution >= 0.6 is 0 Å². The summed E-state index contributed by atoms with van der Waals surface area (Å²) in [6.45, 7) is 53.5. The van der Waals surface area contributed by atoms with E-state index in [9.17, 15) is 37.5 Å². The van der Waals surface area contributed by atoms with E-state index in [-0.39, 0.29) is 66.0 Å². The second-order valence-electron chi connectivity index (χ2n) is 45.1. The van der Waals surface area contributed by atoms with Gasteiger partial charge in [-0.05, 0) is 224 Å². The molecule has 1 N–H and O–H groups in total. The lowest BCUT2D eigenvalue weighted by molar-refractivity contribution is -0.128. The Morgan fingerprint density at radius 3 is 0.682 bits per heavy atom. The average molecular weight is 2030 g/mol. The van der Waals surface area contributed by atoms with Gasteiger partial charge in [0.1, 0.15) is 0 Å². The standard InChI is InChI=1S/C15H25N3.C15H24N2.C13H18F2N2.6C13H18N2O/c1-12(2)14-6-5-13(11-17-14)18-9-7-15(3,16-4)8-10-18;1-4-13-7-9-17(10-8-13)14-5-6-15(12(2)3)16-11-14;1-10(2)12-4-3-11(9-16-12)17-7-5-13(14,15)6-8-17;3*1-9(2)12-5-4-10(7-14-12)11-6-13(16)15(3)8-11;3*1-9(2)12-5-4-10(8-14-12)11-6-7-15(3)13(11)16/h5-6,11-12,16H,7-10H2,1-4H3;5-6,11-13H,4,7-10H2,1-3H3;3-4,9-10H,5-8H2,1-2H3;3*4-5,7,9,11H,6,8H2,1-3H3;3*4-5,8-9,11H,6-7H2,1-3H3. The Morgan fingerprint density at radius 1 is 0.291 bits per heavy atom. The lowest BCUT2D eigenvalue weighted by Gasteiger charge is -2.40. The van der Waals surface area contributed by atoms with Gasteiger partial charge in [0, 0.05) is 265 Å². The zero-order valence-corrected chi connectivity index (χ0v) is 94.3. The van der Waals surface area contributed by atoms with Crippen molar-refractivity contribution in [1.82, 2.24) is 79.6 Å². The number of nitrogens with one attached hydrogen (secondary N) is 1. The number of anilines is 3. The maximum Gasteiger partial charge on any atom is 0.251 e. The number of likely N-dealkylation sites (N-methyl/N-ethyl adjacent to an activating group) is 6. The van der Waals surface area contributed by atoms with Crippen LogP contribution in [0.5, 0.6) is 0 Å². The van der Waals surface area contributed by atoms with Crippen LogP contribution in [0.2, 0.25) is 0 Å². The van der Waals surface area contributed by atoms with Crippen molar-refractivity contribution in [3.63, 3.8) is 0 Å². The first-order valence-corrected chi connectivity index (χ1v) is 54.6. The van der Waals surface area contributed by atoms with Crippen LogP contribution in [0.4, 0.5) is 25.8 Å². The van der Waals surface area contributed by atoms with Gasteiger partial charge in [-0.2, -0.15) is 0 Å². The Morgan fingerprint density at radius 2 is 0.507 bits per heavy atom. The number of hydrogen-bond acceptors (Lipinski definition) is 19. The number of carbonyl (C=O) groups excluding carboxylic acids is 6. The monoisotopic (exact) mass is 2030 g/mol. The van der Waals surface area contributed by atoms with Gasteiger partial charge >= 0.3 is 0 Å². The van der Waals surface area contributed by atoms with Crippen LogP contribution in [0.25, 0.3) is 0 Å². The van der Waals surface area contributed by atoms with Gasteiger partial charge in [0.25, 0.3) is 5.92 Å². The molecule has 18 rings (SSSR count). The molecule has 9 aromatic heterocycles. The Balaban J connectivity index is 0.000000170. The number of likely N-dealkylation sites (tertiary alicyclic amines) is 6. The van der Waals surface area contributed by atoms with Gasteiger partial charge in [-0.25, -0.2) is 8.78 Å². The van der Waals surface area contributed by atoms with E-state index in [1.807, 2.05) is 145 Å². The first-order valence-electron chi connectivity index (χ1n) is 54.6. The van der Waals surface area contributed by atoms with Gasteiger partial charge in [0.2, 0.25) is 35.4 Å². The minimum atomic E-state index is -2.48. The van der Waals surface area contributed by atoms with Gasteiger partial charge in [-0.15, -0.1) is 0 Å². The molecule has 6 amide bonds. The highest BCUT2D eigenvalue weighted by molar-refractivity contribution is 5.87. The van der Waals surface area contributed by atoms with Crippen molar-refractivity contribution >= 4 is 52.5 Å². The lowest BCUT2D eigenvalue weighted by Crippen LogP contribution is -2.50. The molecule has 0 spiro atoms. The van der Waals surface area contributed by atoms with Crippen LogP contribution in [0, 0.1) is 5.92 Å². The van der Waals surface area contributed by atoms with E-state index in [0.717, 1.165) is 140 Å². The molecule has 0 radical (unpaired) electrons. The van der Waals surface area contributed by atoms with Crippen molar-refractivity contribution in [2.24, 2.45) is 5.92 Å². The lowest BCUT2D eigenvalue weighted by atomic mass is 9.90. The Bertz CT molecular complexity index is 5200. The summed E-state index contributed by atoms with van der Waals surface area (Å²) in [5.74, 6) is 5.01. The summed E-state index contributed by atoms with van der Waals surface area (Å²) < 4.78 is 26.0. The summed E-state index contributed by atoms with van der Waals surface area (Å²) in [6, 6.07) is 37.5. The molecule has 6 unspecified atom stereocenters. The molecule has 804 valence electrons. The van der Waals surface area contributed by atoms with Crippen LogP contribution in [-0.2, 0) is 28.8 Å². The first kappa shape index (κ1) is 118. The Kier molecular flexibility index (Phi) is 44.6. The molecule has 27 heteroatoms. The molecular formula is C121H175F2N19O6. The van der Waals surface area contributed by atoms with Gasteiger partial charge < -0.3 is 49.4 Å². The summed E-state index contributed by atoms with van der Waals surface area (Å²) in [7, 11) is 13.2. The molecule has 0 bridgehead atoms. The molecule has 9 aliphatic rings. The highest BCUT2D eigenvalue weighted by Gasteiger charge is 2.38. The van der Waals surface area contributed by atoms with Crippen molar-refractivity contribution < 1.29 is 37.5 Å². The van der Waals surface area contributed by atoms with Crippen LogP contribution in [0.1, 0.15) is 395 Å². The van der Waals surface area contributed by atoms with Crippen molar-refractivity contribution in [3.8, 4) is 0 Å². The maximum atomic E-state index is 13.0. The predicted octanol–water partition coefficient (Wildman–Crippen LogP) is 23.0. The fourth-order valence-electron chi connectivity index (χ4n) is 19.5. The smallest absolute Gasteiger partial charge is 0.251 e. The highest BCUT2D eigenvalue weighted by atomic mass is 19.3. The number of alkyl halides is 2. The molecule has 9 aromatic rings. The number of pyridine rings is 9. The molecule has 9 fully saturated rings. The van der Waals surface area contributed by atoms with E-state index in [2.05, 4.69) is 266 Å². The van der Waals surface area contributed by atoms with Crippen molar-refractivity contribution in [1.29, 1.82) is 0 Å². The largest absolute Gasteiger partial charge is 0.370 e.